The van der Waals surface area contributed by atoms with E-state index >= 15 is 0 Å². The van der Waals surface area contributed by atoms with Crippen molar-refractivity contribution >= 4 is 0 Å². The monoisotopic (exact) mass is 310 g/mol. The molecule has 0 rings (SSSR count). The van der Waals surface area contributed by atoms with Crippen LogP contribution < -0.4 is 0 Å². The molecule has 0 amide bonds. The van der Waals surface area contributed by atoms with Gasteiger partial charge >= 0.3 is 0 Å². The molecule has 0 fully saturated rings. The van der Waals surface area contributed by atoms with E-state index in [4.69, 9.17) is 0 Å². The summed E-state index contributed by atoms with van der Waals surface area (Å²) in [4.78, 5) is 0. The Morgan fingerprint density at radius 3 is 0.818 bits per heavy atom. The van der Waals surface area contributed by atoms with Crippen LogP contribution >= 0.6 is 0 Å². The summed E-state index contributed by atoms with van der Waals surface area (Å²) >= 11 is 0. The molecule has 0 aliphatic rings. The molecule has 4 atom stereocenters. The van der Waals surface area contributed by atoms with Gasteiger partial charge in [-0.3, -0.25) is 0 Å². The van der Waals surface area contributed by atoms with E-state index in [2.05, 4.69) is 55.4 Å². The summed E-state index contributed by atoms with van der Waals surface area (Å²) in [6.07, 6.45) is 11.4. The Labute approximate surface area is 142 Å². The molecule has 0 nitrogen and oxygen atoms in total. The molecule has 0 aromatic heterocycles. The second kappa shape index (κ2) is 12.4. The number of rotatable bonds is 13. The van der Waals surface area contributed by atoms with Crippen LogP contribution in [0.3, 0.4) is 0 Å². The van der Waals surface area contributed by atoms with Crippen LogP contribution in [0.1, 0.15) is 107 Å². The van der Waals surface area contributed by atoms with Crippen molar-refractivity contribution in [1.82, 2.24) is 0 Å². The molecule has 22 heavy (non-hydrogen) atoms. The molecule has 0 saturated carbocycles. The van der Waals surface area contributed by atoms with E-state index in [9.17, 15) is 0 Å². The molecule has 0 N–H and O–H groups in total. The van der Waals surface area contributed by atoms with Gasteiger partial charge in [-0.25, -0.2) is 0 Å². The average Bonchev–Trinajstić information content (AvgIpc) is 2.40. The van der Waals surface area contributed by atoms with Gasteiger partial charge in [0.15, 0.2) is 0 Å². The molecule has 0 saturated heterocycles. The molecule has 4 unspecified atom stereocenters. The molecule has 0 heterocycles. The zero-order valence-corrected chi connectivity index (χ0v) is 17.1. The smallest absolute Gasteiger partial charge is 0.0440 e. The van der Waals surface area contributed by atoms with Gasteiger partial charge in [0.1, 0.15) is 0 Å². The van der Waals surface area contributed by atoms with Crippen LogP contribution in [0.25, 0.3) is 0 Å². The summed E-state index contributed by atoms with van der Waals surface area (Å²) < 4.78 is 0. The van der Waals surface area contributed by atoms with Gasteiger partial charge in [-0.1, -0.05) is 93.9 Å². The topological polar surface area (TPSA) is 0 Å². The van der Waals surface area contributed by atoms with Crippen molar-refractivity contribution in [2.45, 2.75) is 107 Å². The molecule has 0 bridgehead atoms. The van der Waals surface area contributed by atoms with E-state index in [0.29, 0.717) is 0 Å². The van der Waals surface area contributed by atoms with Crippen molar-refractivity contribution in [3.05, 3.63) is 0 Å². The van der Waals surface area contributed by atoms with Crippen LogP contribution in [0, 0.1) is 35.5 Å². The summed E-state index contributed by atoms with van der Waals surface area (Å²) in [5.41, 5.74) is 0. The van der Waals surface area contributed by atoms with Crippen LogP contribution in [-0.2, 0) is 0 Å². The highest BCUT2D eigenvalue weighted by atomic mass is 14.2. The maximum absolute atomic E-state index is 2.47. The van der Waals surface area contributed by atoms with Gasteiger partial charge in [-0.05, 0) is 48.3 Å². The second-order valence-electron chi connectivity index (χ2n) is 9.41. The summed E-state index contributed by atoms with van der Waals surface area (Å²) in [7, 11) is 0. The van der Waals surface area contributed by atoms with E-state index in [1.165, 1.54) is 51.4 Å². The van der Waals surface area contributed by atoms with Gasteiger partial charge in [0.25, 0.3) is 0 Å². The van der Waals surface area contributed by atoms with Gasteiger partial charge in [0.05, 0.1) is 0 Å². The first kappa shape index (κ1) is 22.0. The molecular formula is C22H46. The van der Waals surface area contributed by atoms with Crippen LogP contribution in [0.5, 0.6) is 0 Å². The van der Waals surface area contributed by atoms with E-state index in [1.54, 1.807) is 0 Å². The van der Waals surface area contributed by atoms with E-state index in [-0.39, 0.29) is 0 Å². The van der Waals surface area contributed by atoms with Crippen LogP contribution in [-0.4, -0.2) is 0 Å². The fourth-order valence-corrected chi connectivity index (χ4v) is 3.65. The van der Waals surface area contributed by atoms with Crippen molar-refractivity contribution in [2.75, 3.05) is 0 Å². The Hall–Kier alpha value is 0. The Kier molecular flexibility index (Phi) is 12.4. The zero-order valence-electron chi connectivity index (χ0n) is 17.1. The standard InChI is InChI=1S/C22H46/c1-17(2)9-11-19(5)15-21(7)13-14-22(8)16-20(6)12-10-18(3)4/h17-22H,9-16H2,1-8H3. The minimum Gasteiger partial charge on any atom is -0.0628 e. The predicted octanol–water partition coefficient (Wildman–Crippen LogP) is 7.96. The first-order chi connectivity index (χ1) is 10.2. The first-order valence-electron chi connectivity index (χ1n) is 10.2. The van der Waals surface area contributed by atoms with Crippen LogP contribution in [0.2, 0.25) is 0 Å². The average molecular weight is 311 g/mol. The molecule has 0 aromatic rings. The minimum absolute atomic E-state index is 0.866. The highest BCUT2D eigenvalue weighted by Crippen LogP contribution is 2.27. The SMILES string of the molecule is CC(C)CCC(C)CC(C)CCC(C)CC(C)CCC(C)C. The normalized spacial score (nSPS) is 17.7. The third-order valence-electron chi connectivity index (χ3n) is 5.24. The minimum atomic E-state index is 0.866. The van der Waals surface area contributed by atoms with E-state index in [0.717, 1.165) is 35.5 Å². The maximum atomic E-state index is 2.47. The van der Waals surface area contributed by atoms with Gasteiger partial charge in [-0.2, -0.15) is 0 Å². The lowest BCUT2D eigenvalue weighted by molar-refractivity contribution is 0.306. The molecule has 0 radical (unpaired) electrons. The van der Waals surface area contributed by atoms with Crippen molar-refractivity contribution in [1.29, 1.82) is 0 Å². The highest BCUT2D eigenvalue weighted by Gasteiger charge is 2.13. The molecule has 0 aromatic carbocycles. The third kappa shape index (κ3) is 13.6. The Morgan fingerprint density at radius 2 is 0.591 bits per heavy atom. The van der Waals surface area contributed by atoms with Gasteiger partial charge in [0.2, 0.25) is 0 Å². The molecular weight excluding hydrogens is 264 g/mol. The maximum Gasteiger partial charge on any atom is -0.0440 e. The lowest BCUT2D eigenvalue weighted by atomic mass is 9.84. The van der Waals surface area contributed by atoms with Crippen molar-refractivity contribution in [3.63, 3.8) is 0 Å². The largest absolute Gasteiger partial charge is 0.0628 e. The summed E-state index contributed by atoms with van der Waals surface area (Å²) in [6.45, 7) is 19.2. The van der Waals surface area contributed by atoms with E-state index < -0.39 is 0 Å². The molecule has 0 aliphatic carbocycles. The zero-order chi connectivity index (χ0) is 17.1. The highest BCUT2D eigenvalue weighted by molar-refractivity contribution is 4.66. The first-order valence-corrected chi connectivity index (χ1v) is 10.2. The van der Waals surface area contributed by atoms with Crippen molar-refractivity contribution in [2.24, 2.45) is 35.5 Å². The third-order valence-corrected chi connectivity index (χ3v) is 5.24. The Bertz CT molecular complexity index is 214. The summed E-state index contributed by atoms with van der Waals surface area (Å²) in [5, 5.41) is 0. The van der Waals surface area contributed by atoms with Gasteiger partial charge < -0.3 is 0 Å². The quantitative estimate of drug-likeness (QED) is 0.323. The summed E-state index contributed by atoms with van der Waals surface area (Å²) in [5.74, 6) is 5.39. The van der Waals surface area contributed by atoms with Crippen LogP contribution in [0.15, 0.2) is 0 Å². The van der Waals surface area contributed by atoms with Crippen LogP contribution in [0.4, 0.5) is 0 Å². The Balaban J connectivity index is 3.77. The lowest BCUT2D eigenvalue weighted by Gasteiger charge is -2.21. The number of hydrogen-bond acceptors (Lipinski definition) is 0. The van der Waals surface area contributed by atoms with E-state index in [1.807, 2.05) is 0 Å². The van der Waals surface area contributed by atoms with Gasteiger partial charge in [-0.15, -0.1) is 0 Å². The predicted molar refractivity (Wildman–Crippen MR) is 103 cm³/mol. The summed E-state index contributed by atoms with van der Waals surface area (Å²) in [6, 6.07) is 0. The molecule has 0 spiro atoms. The number of hydrogen-bond donors (Lipinski definition) is 0. The molecule has 134 valence electrons. The Morgan fingerprint density at radius 1 is 0.364 bits per heavy atom. The van der Waals surface area contributed by atoms with Gasteiger partial charge in [0, 0.05) is 0 Å². The lowest BCUT2D eigenvalue weighted by Crippen LogP contribution is -2.09. The van der Waals surface area contributed by atoms with Crippen molar-refractivity contribution in [3.8, 4) is 0 Å². The second-order valence-corrected chi connectivity index (χ2v) is 9.41. The fourth-order valence-electron chi connectivity index (χ4n) is 3.65. The van der Waals surface area contributed by atoms with Crippen molar-refractivity contribution < 1.29 is 0 Å². The molecule has 0 heteroatoms. The molecule has 0 aliphatic heterocycles. The fraction of sp³-hybridized carbons (Fsp3) is 1.00.